The van der Waals surface area contributed by atoms with Crippen molar-refractivity contribution in [2.75, 3.05) is 12.3 Å². The minimum atomic E-state index is 0.0520. The lowest BCUT2D eigenvalue weighted by Gasteiger charge is -2.25. The summed E-state index contributed by atoms with van der Waals surface area (Å²) in [7, 11) is 0. The first-order valence-corrected chi connectivity index (χ1v) is 10.2. The number of nitrogens with zero attached hydrogens (tertiary/aromatic N) is 3. The molecule has 0 aliphatic heterocycles. The summed E-state index contributed by atoms with van der Waals surface area (Å²) in [5.74, 6) is 1.92. The van der Waals surface area contributed by atoms with E-state index in [-0.39, 0.29) is 5.91 Å². The molecule has 3 rings (SSSR count). The van der Waals surface area contributed by atoms with E-state index in [4.69, 9.17) is 4.42 Å². The lowest BCUT2D eigenvalue weighted by molar-refractivity contribution is -0.118. The van der Waals surface area contributed by atoms with Gasteiger partial charge in [0.15, 0.2) is 10.9 Å². The summed E-state index contributed by atoms with van der Waals surface area (Å²) in [5.41, 5.74) is 0. The number of rotatable bonds is 8. The smallest absolute Gasteiger partial charge is 0.230 e. The highest BCUT2D eigenvalue weighted by molar-refractivity contribution is 7.99. The summed E-state index contributed by atoms with van der Waals surface area (Å²) in [6.07, 6.45) is 9.74. The number of unbranched alkanes of at least 4 members (excludes halogenated alkanes) is 1. The molecule has 1 aliphatic carbocycles. The van der Waals surface area contributed by atoms with E-state index in [1.165, 1.54) is 31.0 Å². The molecule has 1 aliphatic rings. The van der Waals surface area contributed by atoms with E-state index in [2.05, 4.69) is 27.0 Å². The average molecular weight is 362 g/mol. The molecule has 0 bridgehead atoms. The number of furan rings is 1. The molecule has 1 saturated carbocycles. The van der Waals surface area contributed by atoms with Crippen LogP contribution in [-0.2, 0) is 4.79 Å². The van der Waals surface area contributed by atoms with Crippen LogP contribution in [0.5, 0.6) is 0 Å². The maximum atomic E-state index is 12.0. The van der Waals surface area contributed by atoms with Gasteiger partial charge in [0.1, 0.15) is 0 Å². The molecule has 2 aromatic rings. The van der Waals surface area contributed by atoms with Crippen LogP contribution in [0, 0.1) is 0 Å². The molecular weight excluding hydrogens is 336 g/mol. The van der Waals surface area contributed by atoms with E-state index >= 15 is 0 Å². The molecule has 0 atom stereocenters. The van der Waals surface area contributed by atoms with Crippen LogP contribution in [0.25, 0.3) is 11.6 Å². The van der Waals surface area contributed by atoms with Crippen molar-refractivity contribution in [1.29, 1.82) is 0 Å². The number of hydrogen-bond acceptors (Lipinski definition) is 5. The summed E-state index contributed by atoms with van der Waals surface area (Å²) < 4.78 is 7.73. The highest BCUT2D eigenvalue weighted by Crippen LogP contribution is 2.35. The van der Waals surface area contributed by atoms with Crippen molar-refractivity contribution in [2.45, 2.75) is 63.1 Å². The van der Waals surface area contributed by atoms with Gasteiger partial charge >= 0.3 is 0 Å². The van der Waals surface area contributed by atoms with Gasteiger partial charge in [-0.2, -0.15) is 0 Å². The van der Waals surface area contributed by atoms with Crippen molar-refractivity contribution < 1.29 is 9.21 Å². The van der Waals surface area contributed by atoms with Crippen molar-refractivity contribution in [3.05, 3.63) is 18.4 Å². The SMILES string of the molecule is CCCCNC(=O)CSc1nnc(-c2ccco2)n1C1CCCCC1. The molecule has 1 amide bonds. The Morgan fingerprint density at radius 1 is 1.36 bits per heavy atom. The summed E-state index contributed by atoms with van der Waals surface area (Å²) in [6.45, 7) is 2.85. The first-order chi connectivity index (χ1) is 12.3. The van der Waals surface area contributed by atoms with Gasteiger partial charge in [-0.15, -0.1) is 10.2 Å². The molecule has 0 saturated heterocycles. The normalized spacial score (nSPS) is 15.4. The predicted molar refractivity (Wildman–Crippen MR) is 98.5 cm³/mol. The maximum absolute atomic E-state index is 12.0. The third kappa shape index (κ3) is 4.66. The van der Waals surface area contributed by atoms with Crippen molar-refractivity contribution in [1.82, 2.24) is 20.1 Å². The predicted octanol–water partition coefficient (Wildman–Crippen LogP) is 4.05. The minimum Gasteiger partial charge on any atom is -0.461 e. The third-order valence-electron chi connectivity index (χ3n) is 4.53. The lowest BCUT2D eigenvalue weighted by Crippen LogP contribution is -2.26. The van der Waals surface area contributed by atoms with Crippen molar-refractivity contribution in [3.63, 3.8) is 0 Å². The van der Waals surface area contributed by atoms with Crippen molar-refractivity contribution >= 4 is 17.7 Å². The molecule has 0 spiro atoms. The molecule has 0 radical (unpaired) electrons. The first-order valence-electron chi connectivity index (χ1n) is 9.18. The average Bonchev–Trinajstić information content (AvgIpc) is 3.30. The van der Waals surface area contributed by atoms with E-state index < -0.39 is 0 Å². The van der Waals surface area contributed by atoms with E-state index in [9.17, 15) is 4.79 Å². The van der Waals surface area contributed by atoms with Crippen LogP contribution < -0.4 is 5.32 Å². The van der Waals surface area contributed by atoms with Gasteiger partial charge in [-0.05, 0) is 31.4 Å². The molecule has 0 aromatic carbocycles. The molecular formula is C18H26N4O2S. The van der Waals surface area contributed by atoms with Crippen LogP contribution in [0.1, 0.15) is 57.9 Å². The second kappa shape index (κ2) is 9.08. The van der Waals surface area contributed by atoms with Gasteiger partial charge in [-0.25, -0.2) is 0 Å². The molecule has 2 heterocycles. The largest absolute Gasteiger partial charge is 0.461 e. The third-order valence-corrected chi connectivity index (χ3v) is 5.47. The highest BCUT2D eigenvalue weighted by Gasteiger charge is 2.25. The van der Waals surface area contributed by atoms with Gasteiger partial charge in [0, 0.05) is 12.6 Å². The summed E-state index contributed by atoms with van der Waals surface area (Å²) in [5, 5.41) is 12.5. The zero-order valence-corrected chi connectivity index (χ0v) is 15.6. The topological polar surface area (TPSA) is 73.0 Å². The molecule has 2 aromatic heterocycles. The van der Waals surface area contributed by atoms with Crippen molar-refractivity contribution in [3.8, 4) is 11.6 Å². The van der Waals surface area contributed by atoms with Crippen LogP contribution in [0.4, 0.5) is 0 Å². The number of carbonyl (C=O) groups excluding carboxylic acids is 1. The Balaban J connectivity index is 1.73. The number of aromatic nitrogens is 3. The van der Waals surface area contributed by atoms with Crippen LogP contribution in [0.15, 0.2) is 28.0 Å². The van der Waals surface area contributed by atoms with Crippen LogP contribution >= 0.6 is 11.8 Å². The van der Waals surface area contributed by atoms with Gasteiger partial charge < -0.3 is 9.73 Å². The fourth-order valence-electron chi connectivity index (χ4n) is 3.20. The summed E-state index contributed by atoms with van der Waals surface area (Å²) in [6, 6.07) is 4.16. The Hall–Kier alpha value is -1.76. The molecule has 0 unspecified atom stereocenters. The van der Waals surface area contributed by atoms with Gasteiger partial charge in [-0.3, -0.25) is 9.36 Å². The Bertz CT molecular complexity index is 663. The zero-order valence-electron chi connectivity index (χ0n) is 14.7. The second-order valence-electron chi connectivity index (χ2n) is 6.44. The second-order valence-corrected chi connectivity index (χ2v) is 7.38. The van der Waals surface area contributed by atoms with E-state index in [1.54, 1.807) is 6.26 Å². The van der Waals surface area contributed by atoms with E-state index in [1.807, 2.05) is 12.1 Å². The molecule has 7 heteroatoms. The van der Waals surface area contributed by atoms with E-state index in [0.717, 1.165) is 49.0 Å². The van der Waals surface area contributed by atoms with Gasteiger partial charge in [0.2, 0.25) is 11.7 Å². The van der Waals surface area contributed by atoms with Crippen LogP contribution in [0.2, 0.25) is 0 Å². The Labute approximate surface area is 152 Å². The number of hydrogen-bond donors (Lipinski definition) is 1. The quantitative estimate of drug-likeness (QED) is 0.566. The maximum Gasteiger partial charge on any atom is 0.230 e. The van der Waals surface area contributed by atoms with Crippen molar-refractivity contribution in [2.24, 2.45) is 0 Å². The highest BCUT2D eigenvalue weighted by atomic mass is 32.2. The van der Waals surface area contributed by atoms with Crippen LogP contribution in [-0.4, -0.2) is 33.0 Å². The minimum absolute atomic E-state index is 0.0520. The number of nitrogens with one attached hydrogen (secondary N) is 1. The Morgan fingerprint density at radius 3 is 2.92 bits per heavy atom. The number of amides is 1. The molecule has 6 nitrogen and oxygen atoms in total. The Kier molecular flexibility index (Phi) is 6.55. The molecule has 136 valence electrons. The molecule has 25 heavy (non-hydrogen) atoms. The van der Waals surface area contributed by atoms with Gasteiger partial charge in [0.05, 0.1) is 12.0 Å². The Morgan fingerprint density at radius 2 is 2.20 bits per heavy atom. The number of carbonyl (C=O) groups is 1. The summed E-state index contributed by atoms with van der Waals surface area (Å²) in [4.78, 5) is 12.0. The van der Waals surface area contributed by atoms with E-state index in [0.29, 0.717) is 11.8 Å². The fraction of sp³-hybridized carbons (Fsp3) is 0.611. The fourth-order valence-corrected chi connectivity index (χ4v) is 4.04. The van der Waals surface area contributed by atoms with Gasteiger partial charge in [-0.1, -0.05) is 44.4 Å². The zero-order chi connectivity index (χ0) is 17.5. The molecule has 1 fully saturated rings. The lowest BCUT2D eigenvalue weighted by atomic mass is 9.95. The first kappa shape index (κ1) is 18.0. The number of thioether (sulfide) groups is 1. The monoisotopic (exact) mass is 362 g/mol. The van der Waals surface area contributed by atoms with Gasteiger partial charge in [0.25, 0.3) is 0 Å². The molecule has 1 N–H and O–H groups in total. The standard InChI is InChI=1S/C18H26N4O2S/c1-2-3-11-19-16(23)13-25-18-21-20-17(15-10-7-12-24-15)22(18)14-8-5-4-6-9-14/h7,10,12,14H,2-6,8-9,11,13H2,1H3,(H,19,23). The summed E-state index contributed by atoms with van der Waals surface area (Å²) >= 11 is 1.46. The van der Waals surface area contributed by atoms with Crippen LogP contribution in [0.3, 0.4) is 0 Å².